The Kier molecular flexibility index (Phi) is 5.07. The lowest BCUT2D eigenvalue weighted by Gasteiger charge is -2.23. The van der Waals surface area contributed by atoms with Crippen LogP contribution in [0.2, 0.25) is 0 Å². The van der Waals surface area contributed by atoms with Crippen molar-refractivity contribution in [2.75, 3.05) is 26.8 Å². The summed E-state index contributed by atoms with van der Waals surface area (Å²) in [4.78, 5) is 11.8. The maximum atomic E-state index is 11.8. The van der Waals surface area contributed by atoms with Crippen LogP contribution in [0.15, 0.2) is 18.2 Å². The standard InChI is InChI=1S/C16H24N2O3/c1-16(2,15(19)17-3)11-18-10-12-6-4-7-13-14(12)21-9-5-8-20-13/h4,6-7,18H,5,8-11H2,1-3H3,(H,17,19). The second-order valence-electron chi connectivity index (χ2n) is 5.86. The van der Waals surface area contributed by atoms with Crippen molar-refractivity contribution in [1.29, 1.82) is 0 Å². The lowest BCUT2D eigenvalue weighted by Crippen LogP contribution is -2.41. The van der Waals surface area contributed by atoms with Crippen molar-refractivity contribution in [2.24, 2.45) is 5.41 Å². The lowest BCUT2D eigenvalue weighted by atomic mass is 9.92. The molecule has 21 heavy (non-hydrogen) atoms. The topological polar surface area (TPSA) is 59.6 Å². The first-order chi connectivity index (χ1) is 10.0. The van der Waals surface area contributed by atoms with E-state index < -0.39 is 5.41 Å². The molecule has 116 valence electrons. The third kappa shape index (κ3) is 3.88. The summed E-state index contributed by atoms with van der Waals surface area (Å²) < 4.78 is 11.5. The molecule has 1 aliphatic rings. The second kappa shape index (κ2) is 6.80. The van der Waals surface area contributed by atoms with E-state index in [2.05, 4.69) is 10.6 Å². The molecule has 0 bridgehead atoms. The number of benzene rings is 1. The number of hydrogen-bond acceptors (Lipinski definition) is 4. The van der Waals surface area contributed by atoms with Gasteiger partial charge in [-0.3, -0.25) is 4.79 Å². The van der Waals surface area contributed by atoms with Crippen LogP contribution in [0.5, 0.6) is 11.5 Å². The largest absolute Gasteiger partial charge is 0.490 e. The first kappa shape index (κ1) is 15.6. The first-order valence-electron chi connectivity index (χ1n) is 7.35. The zero-order valence-corrected chi connectivity index (χ0v) is 13.0. The van der Waals surface area contributed by atoms with Gasteiger partial charge in [-0.1, -0.05) is 12.1 Å². The van der Waals surface area contributed by atoms with Gasteiger partial charge in [0.15, 0.2) is 11.5 Å². The van der Waals surface area contributed by atoms with E-state index >= 15 is 0 Å². The van der Waals surface area contributed by atoms with E-state index in [1.807, 2.05) is 32.0 Å². The van der Waals surface area contributed by atoms with Crippen molar-refractivity contribution in [1.82, 2.24) is 10.6 Å². The maximum Gasteiger partial charge on any atom is 0.226 e. The second-order valence-corrected chi connectivity index (χ2v) is 5.86. The van der Waals surface area contributed by atoms with Crippen LogP contribution in [0.1, 0.15) is 25.8 Å². The number of ether oxygens (including phenoxy) is 2. The predicted octanol–water partition coefficient (Wildman–Crippen LogP) is 1.71. The minimum absolute atomic E-state index is 0.0291. The lowest BCUT2D eigenvalue weighted by molar-refractivity contribution is -0.128. The van der Waals surface area contributed by atoms with Crippen molar-refractivity contribution in [3.05, 3.63) is 23.8 Å². The highest BCUT2D eigenvalue weighted by Crippen LogP contribution is 2.33. The van der Waals surface area contributed by atoms with E-state index in [0.717, 1.165) is 23.5 Å². The van der Waals surface area contributed by atoms with E-state index in [4.69, 9.17) is 9.47 Å². The van der Waals surface area contributed by atoms with Gasteiger partial charge < -0.3 is 20.1 Å². The van der Waals surface area contributed by atoms with Crippen LogP contribution in [-0.4, -0.2) is 32.7 Å². The smallest absolute Gasteiger partial charge is 0.226 e. The van der Waals surface area contributed by atoms with E-state index in [1.54, 1.807) is 7.05 Å². The van der Waals surface area contributed by atoms with Gasteiger partial charge in [-0.2, -0.15) is 0 Å². The molecule has 2 rings (SSSR count). The molecule has 0 aromatic heterocycles. The van der Waals surface area contributed by atoms with Gasteiger partial charge in [0.05, 0.1) is 18.6 Å². The van der Waals surface area contributed by atoms with Gasteiger partial charge in [0.2, 0.25) is 5.91 Å². The van der Waals surface area contributed by atoms with Crippen molar-refractivity contribution in [3.8, 4) is 11.5 Å². The van der Waals surface area contributed by atoms with Crippen LogP contribution in [0.3, 0.4) is 0 Å². The molecule has 0 spiro atoms. The highest BCUT2D eigenvalue weighted by Gasteiger charge is 2.26. The van der Waals surface area contributed by atoms with E-state index in [0.29, 0.717) is 26.3 Å². The molecule has 5 nitrogen and oxygen atoms in total. The molecule has 1 aromatic carbocycles. The molecular formula is C16H24N2O3. The molecule has 0 aliphatic carbocycles. The average molecular weight is 292 g/mol. The number of carbonyl (C=O) groups is 1. The molecule has 0 fully saturated rings. The number of rotatable bonds is 5. The summed E-state index contributed by atoms with van der Waals surface area (Å²) in [5.41, 5.74) is 0.611. The summed E-state index contributed by atoms with van der Waals surface area (Å²) in [5.74, 6) is 1.65. The zero-order chi connectivity index (χ0) is 15.3. The summed E-state index contributed by atoms with van der Waals surface area (Å²) in [5, 5.41) is 6.02. The highest BCUT2D eigenvalue weighted by atomic mass is 16.5. The summed E-state index contributed by atoms with van der Waals surface area (Å²) in [7, 11) is 1.66. The maximum absolute atomic E-state index is 11.8. The van der Waals surface area contributed by atoms with Crippen LogP contribution in [0, 0.1) is 5.41 Å². The third-order valence-electron chi connectivity index (χ3n) is 3.58. The van der Waals surface area contributed by atoms with Gasteiger partial charge in [0.1, 0.15) is 0 Å². The molecule has 1 heterocycles. The quantitative estimate of drug-likeness (QED) is 0.867. The third-order valence-corrected chi connectivity index (χ3v) is 3.58. The Morgan fingerprint density at radius 3 is 2.81 bits per heavy atom. The number of hydrogen-bond donors (Lipinski definition) is 2. The van der Waals surface area contributed by atoms with Gasteiger partial charge in [0.25, 0.3) is 0 Å². The molecule has 1 aliphatic heterocycles. The van der Waals surface area contributed by atoms with Crippen LogP contribution < -0.4 is 20.1 Å². The van der Waals surface area contributed by atoms with Crippen LogP contribution in [-0.2, 0) is 11.3 Å². The monoisotopic (exact) mass is 292 g/mol. The van der Waals surface area contributed by atoms with Crippen molar-refractivity contribution >= 4 is 5.91 Å². The Morgan fingerprint density at radius 2 is 2.05 bits per heavy atom. The Hall–Kier alpha value is -1.75. The summed E-state index contributed by atoms with van der Waals surface area (Å²) in [6.07, 6.45) is 0.894. The molecule has 0 saturated heterocycles. The van der Waals surface area contributed by atoms with Gasteiger partial charge in [-0.25, -0.2) is 0 Å². The molecule has 1 amide bonds. The number of fused-ring (bicyclic) bond motifs is 1. The number of nitrogens with one attached hydrogen (secondary N) is 2. The van der Waals surface area contributed by atoms with Crippen molar-refractivity contribution in [3.63, 3.8) is 0 Å². The van der Waals surface area contributed by atoms with Gasteiger partial charge in [-0.05, 0) is 19.9 Å². The van der Waals surface area contributed by atoms with Gasteiger partial charge in [-0.15, -0.1) is 0 Å². The van der Waals surface area contributed by atoms with Crippen LogP contribution >= 0.6 is 0 Å². The first-order valence-corrected chi connectivity index (χ1v) is 7.35. The normalized spacial score (nSPS) is 14.4. The molecule has 0 saturated carbocycles. The van der Waals surface area contributed by atoms with Gasteiger partial charge in [0, 0.05) is 32.1 Å². The zero-order valence-electron chi connectivity index (χ0n) is 13.0. The molecule has 0 atom stereocenters. The number of amides is 1. The van der Waals surface area contributed by atoms with E-state index in [-0.39, 0.29) is 5.91 Å². The predicted molar refractivity (Wildman–Crippen MR) is 81.6 cm³/mol. The van der Waals surface area contributed by atoms with E-state index in [1.165, 1.54) is 0 Å². The number of para-hydroxylation sites is 1. The molecular weight excluding hydrogens is 268 g/mol. The van der Waals surface area contributed by atoms with Crippen LogP contribution in [0.25, 0.3) is 0 Å². The van der Waals surface area contributed by atoms with Crippen molar-refractivity contribution < 1.29 is 14.3 Å². The fraction of sp³-hybridized carbons (Fsp3) is 0.562. The van der Waals surface area contributed by atoms with Crippen molar-refractivity contribution in [2.45, 2.75) is 26.8 Å². The fourth-order valence-electron chi connectivity index (χ4n) is 2.32. The summed E-state index contributed by atoms with van der Waals surface area (Å²) in [6.45, 7) is 6.44. The Bertz CT molecular complexity index is 500. The summed E-state index contributed by atoms with van der Waals surface area (Å²) >= 11 is 0. The molecule has 2 N–H and O–H groups in total. The Balaban J connectivity index is 1.99. The van der Waals surface area contributed by atoms with Gasteiger partial charge >= 0.3 is 0 Å². The SMILES string of the molecule is CNC(=O)C(C)(C)CNCc1cccc2c1OCCCO2. The van der Waals surface area contributed by atoms with Crippen LogP contribution in [0.4, 0.5) is 0 Å². The minimum atomic E-state index is -0.447. The molecule has 0 radical (unpaired) electrons. The molecule has 0 unspecified atom stereocenters. The average Bonchev–Trinajstić information content (AvgIpc) is 2.72. The summed E-state index contributed by atoms with van der Waals surface area (Å²) in [6, 6.07) is 5.92. The highest BCUT2D eigenvalue weighted by molar-refractivity contribution is 5.81. The van der Waals surface area contributed by atoms with E-state index in [9.17, 15) is 4.79 Å². The minimum Gasteiger partial charge on any atom is -0.490 e. The number of carbonyl (C=O) groups excluding carboxylic acids is 1. The Labute approximate surface area is 126 Å². The Morgan fingerprint density at radius 1 is 1.29 bits per heavy atom. The fourth-order valence-corrected chi connectivity index (χ4v) is 2.32. The molecule has 5 heteroatoms. The molecule has 1 aromatic rings.